The van der Waals surface area contributed by atoms with Crippen molar-refractivity contribution in [2.24, 2.45) is 0 Å². The molecule has 0 bridgehead atoms. The number of hydrogen-bond acceptors (Lipinski definition) is 1. The summed E-state index contributed by atoms with van der Waals surface area (Å²) in [5.41, 5.74) is 3.26. The van der Waals surface area contributed by atoms with Crippen molar-refractivity contribution in [3.63, 3.8) is 0 Å². The van der Waals surface area contributed by atoms with Crippen LogP contribution in [0.15, 0.2) is 46.9 Å². The van der Waals surface area contributed by atoms with Crippen molar-refractivity contribution in [3.05, 3.63) is 63.1 Å². The van der Waals surface area contributed by atoms with E-state index in [1.54, 1.807) is 12.1 Å². The maximum atomic E-state index is 12.0. The minimum absolute atomic E-state index is 0.104. The van der Waals surface area contributed by atoms with Crippen LogP contribution in [0.2, 0.25) is 5.02 Å². The maximum Gasteiger partial charge on any atom is 0.256 e. The molecule has 19 heavy (non-hydrogen) atoms. The van der Waals surface area contributed by atoms with Gasteiger partial charge in [0.05, 0.1) is 5.69 Å². The van der Waals surface area contributed by atoms with E-state index in [-0.39, 0.29) is 5.91 Å². The van der Waals surface area contributed by atoms with Crippen LogP contribution in [0.1, 0.15) is 11.1 Å². The predicted molar refractivity (Wildman–Crippen MR) is 82.1 cm³/mol. The Labute approximate surface area is 124 Å². The average molecular weight is 335 g/mol. The van der Waals surface area contributed by atoms with E-state index in [0.29, 0.717) is 10.6 Å². The Hall–Kier alpha value is -1.58. The van der Waals surface area contributed by atoms with Crippen LogP contribution in [-0.4, -0.2) is 5.91 Å². The molecule has 1 amide bonds. The van der Waals surface area contributed by atoms with Crippen LogP contribution >= 0.6 is 27.5 Å². The van der Waals surface area contributed by atoms with Gasteiger partial charge < -0.3 is 5.32 Å². The van der Waals surface area contributed by atoms with Crippen LogP contribution in [0, 0.1) is 0 Å². The zero-order chi connectivity index (χ0) is 13.4. The number of hydrogen-bond donors (Lipinski definition) is 1. The summed E-state index contributed by atoms with van der Waals surface area (Å²) < 4.78 is 0.956. The number of benzene rings is 2. The molecule has 0 radical (unpaired) electrons. The molecule has 1 aliphatic rings. The molecule has 0 aromatic heterocycles. The van der Waals surface area contributed by atoms with Crippen molar-refractivity contribution in [3.8, 4) is 0 Å². The van der Waals surface area contributed by atoms with Crippen molar-refractivity contribution in [1.82, 2.24) is 0 Å². The maximum absolute atomic E-state index is 12.0. The molecule has 2 aromatic rings. The summed E-state index contributed by atoms with van der Waals surface area (Å²) in [6.07, 6.45) is 1.87. The summed E-state index contributed by atoms with van der Waals surface area (Å²) in [5.74, 6) is -0.104. The summed E-state index contributed by atoms with van der Waals surface area (Å²) in [6, 6.07) is 13.2. The third-order valence-electron chi connectivity index (χ3n) is 2.97. The normalized spacial score (nSPS) is 15.5. The zero-order valence-corrected chi connectivity index (χ0v) is 12.1. The van der Waals surface area contributed by atoms with E-state index in [2.05, 4.69) is 21.2 Å². The van der Waals surface area contributed by atoms with Crippen LogP contribution in [0.25, 0.3) is 11.6 Å². The molecular weight excluding hydrogens is 326 g/mol. The molecule has 2 nitrogen and oxygen atoms in total. The van der Waals surface area contributed by atoms with E-state index in [4.69, 9.17) is 11.6 Å². The number of nitrogens with one attached hydrogen (secondary N) is 1. The molecule has 1 aliphatic heterocycles. The van der Waals surface area contributed by atoms with Crippen molar-refractivity contribution in [1.29, 1.82) is 0 Å². The van der Waals surface area contributed by atoms with Gasteiger partial charge in [0, 0.05) is 20.6 Å². The Morgan fingerprint density at radius 3 is 2.74 bits per heavy atom. The molecule has 1 N–H and O–H groups in total. The first-order chi connectivity index (χ1) is 9.15. The van der Waals surface area contributed by atoms with Crippen LogP contribution in [0.5, 0.6) is 0 Å². The van der Waals surface area contributed by atoms with E-state index in [1.165, 1.54) is 0 Å². The van der Waals surface area contributed by atoms with Crippen molar-refractivity contribution in [2.75, 3.05) is 5.32 Å². The topological polar surface area (TPSA) is 29.1 Å². The summed E-state index contributed by atoms with van der Waals surface area (Å²) >= 11 is 9.40. The van der Waals surface area contributed by atoms with Gasteiger partial charge in [0.25, 0.3) is 5.91 Å². The van der Waals surface area contributed by atoms with Gasteiger partial charge in [0.1, 0.15) is 0 Å². The van der Waals surface area contributed by atoms with E-state index < -0.39 is 0 Å². The molecule has 2 aromatic carbocycles. The molecule has 0 aliphatic carbocycles. The highest BCUT2D eigenvalue weighted by Crippen LogP contribution is 2.35. The second-order valence-corrected chi connectivity index (χ2v) is 5.51. The largest absolute Gasteiger partial charge is 0.321 e. The minimum Gasteiger partial charge on any atom is -0.321 e. The highest BCUT2D eigenvalue weighted by Gasteiger charge is 2.24. The molecule has 0 unspecified atom stereocenters. The first kappa shape index (κ1) is 12.5. The summed E-state index contributed by atoms with van der Waals surface area (Å²) in [6.45, 7) is 0. The van der Waals surface area contributed by atoms with Gasteiger partial charge in [-0.05, 0) is 29.8 Å². The highest BCUT2D eigenvalue weighted by atomic mass is 79.9. The average Bonchev–Trinajstić information content (AvgIpc) is 2.68. The van der Waals surface area contributed by atoms with Gasteiger partial charge in [-0.3, -0.25) is 4.79 Å². The molecule has 0 fully saturated rings. The van der Waals surface area contributed by atoms with E-state index in [1.807, 2.05) is 36.4 Å². The number of fused-ring (bicyclic) bond motifs is 1. The van der Waals surface area contributed by atoms with Crippen LogP contribution in [0.4, 0.5) is 5.69 Å². The summed E-state index contributed by atoms with van der Waals surface area (Å²) in [5, 5.41) is 3.43. The van der Waals surface area contributed by atoms with Gasteiger partial charge in [-0.1, -0.05) is 51.8 Å². The van der Waals surface area contributed by atoms with Crippen molar-refractivity contribution < 1.29 is 4.79 Å². The Morgan fingerprint density at radius 1 is 1.16 bits per heavy atom. The Balaban J connectivity index is 2.12. The highest BCUT2D eigenvalue weighted by molar-refractivity contribution is 9.10. The molecule has 4 heteroatoms. The molecule has 0 atom stereocenters. The number of amides is 1. The van der Waals surface area contributed by atoms with Crippen molar-refractivity contribution in [2.45, 2.75) is 0 Å². The Bertz CT molecular complexity index is 709. The third-order valence-corrected chi connectivity index (χ3v) is 3.93. The summed E-state index contributed by atoms with van der Waals surface area (Å²) in [7, 11) is 0. The first-order valence-electron chi connectivity index (χ1n) is 5.72. The smallest absolute Gasteiger partial charge is 0.256 e. The molecule has 0 saturated heterocycles. The van der Waals surface area contributed by atoms with E-state index >= 15 is 0 Å². The molecule has 0 saturated carbocycles. The summed E-state index contributed by atoms with van der Waals surface area (Å²) in [4.78, 5) is 12.0. The monoisotopic (exact) mass is 333 g/mol. The number of carbonyl (C=O) groups excluding carboxylic acids is 1. The molecule has 0 spiro atoms. The van der Waals surface area contributed by atoms with Gasteiger partial charge in [-0.15, -0.1) is 0 Å². The zero-order valence-electron chi connectivity index (χ0n) is 9.78. The molecular formula is C15H9BrClNO. The van der Waals surface area contributed by atoms with E-state index in [0.717, 1.165) is 21.3 Å². The fourth-order valence-electron chi connectivity index (χ4n) is 2.06. The van der Waals surface area contributed by atoms with Crippen LogP contribution in [0.3, 0.4) is 0 Å². The standard InChI is InChI=1S/C15H9BrClNO/c16-13-4-2-1-3-9(13)7-12-11-6-5-10(17)8-14(11)18-15(12)19/h1-8H,(H,18,19)/b12-7+. The predicted octanol–water partition coefficient (Wildman–Crippen LogP) is 4.60. The molecule has 1 heterocycles. The lowest BCUT2D eigenvalue weighted by molar-refractivity contribution is -0.110. The number of halogens is 2. The lowest BCUT2D eigenvalue weighted by Gasteiger charge is -2.01. The molecule has 3 rings (SSSR count). The van der Waals surface area contributed by atoms with Gasteiger partial charge in [0.15, 0.2) is 0 Å². The fraction of sp³-hybridized carbons (Fsp3) is 0. The van der Waals surface area contributed by atoms with Gasteiger partial charge >= 0.3 is 0 Å². The first-order valence-corrected chi connectivity index (χ1v) is 6.90. The van der Waals surface area contributed by atoms with Crippen LogP contribution in [-0.2, 0) is 4.79 Å². The third kappa shape index (κ3) is 2.31. The van der Waals surface area contributed by atoms with Crippen LogP contribution < -0.4 is 5.32 Å². The van der Waals surface area contributed by atoms with Gasteiger partial charge in [0.2, 0.25) is 0 Å². The van der Waals surface area contributed by atoms with Gasteiger partial charge in [-0.2, -0.15) is 0 Å². The number of anilines is 1. The molecule has 94 valence electrons. The quantitative estimate of drug-likeness (QED) is 0.759. The Morgan fingerprint density at radius 2 is 1.95 bits per heavy atom. The second kappa shape index (κ2) is 4.83. The minimum atomic E-state index is -0.104. The number of carbonyl (C=O) groups is 1. The lowest BCUT2D eigenvalue weighted by atomic mass is 10.0. The van der Waals surface area contributed by atoms with E-state index in [9.17, 15) is 4.79 Å². The fourth-order valence-corrected chi connectivity index (χ4v) is 2.63. The van der Waals surface area contributed by atoms with Gasteiger partial charge in [-0.25, -0.2) is 0 Å². The Kier molecular flexibility index (Phi) is 3.17. The SMILES string of the molecule is O=C1Nc2cc(Cl)ccc2/C1=C\c1ccccc1Br. The van der Waals surface area contributed by atoms with Crippen molar-refractivity contribution >= 4 is 50.8 Å². The lowest BCUT2D eigenvalue weighted by Crippen LogP contribution is -2.03. The second-order valence-electron chi connectivity index (χ2n) is 4.22. The number of rotatable bonds is 1.